The molecule has 0 saturated heterocycles. The van der Waals surface area contributed by atoms with Gasteiger partial charge in [0.25, 0.3) is 0 Å². The molecule has 0 aliphatic carbocycles. The number of nitrogens with one attached hydrogen (secondary N) is 3. The number of anilines is 2. The molecule has 0 amide bonds. The summed E-state index contributed by atoms with van der Waals surface area (Å²) in [6, 6.07) is 17.5. The Hall–Kier alpha value is -4.56. The Morgan fingerprint density at radius 2 is 1.82 bits per heavy atom. The van der Waals surface area contributed by atoms with Crippen molar-refractivity contribution >= 4 is 28.1 Å². The normalized spacial score (nSPS) is 12.8. The van der Waals surface area contributed by atoms with Gasteiger partial charge < -0.3 is 20.5 Å². The minimum Gasteiger partial charge on any atom is -0.384 e. The van der Waals surface area contributed by atoms with Crippen LogP contribution in [-0.4, -0.2) is 59.4 Å². The Labute approximate surface area is 226 Å². The Kier molecular flexibility index (Phi) is 6.54. The predicted molar refractivity (Wildman–Crippen MR) is 157 cm³/mol. The van der Waals surface area contributed by atoms with Crippen LogP contribution in [0.5, 0.6) is 0 Å². The first-order chi connectivity index (χ1) is 18.9. The van der Waals surface area contributed by atoms with E-state index in [1.54, 1.807) is 6.07 Å². The van der Waals surface area contributed by atoms with Crippen LogP contribution in [0, 0.1) is 12.7 Å². The topological polar surface area (TPSA) is 81.2 Å². The number of halogens is 1. The summed E-state index contributed by atoms with van der Waals surface area (Å²) in [6.45, 7) is 4.06. The molecule has 39 heavy (non-hydrogen) atoms. The summed E-state index contributed by atoms with van der Waals surface area (Å²) in [5.74, 6) is 0.523. The lowest BCUT2D eigenvalue weighted by Gasteiger charge is -2.18. The minimum atomic E-state index is -0.270. The molecule has 5 aromatic rings. The molecule has 0 bridgehead atoms. The molecule has 8 heteroatoms. The number of aromatic amines is 1. The van der Waals surface area contributed by atoms with Crippen LogP contribution in [0.3, 0.4) is 0 Å². The van der Waals surface area contributed by atoms with Gasteiger partial charge in [0.15, 0.2) is 0 Å². The predicted octanol–water partition coefficient (Wildman–Crippen LogP) is 5.93. The van der Waals surface area contributed by atoms with Crippen LogP contribution < -0.4 is 10.6 Å². The fourth-order valence-electron chi connectivity index (χ4n) is 4.97. The SMILES string of the molecule is Cc1cncc(-c2cnc3c(c2)C(c2cc4c(-c5cc(F)cc(NCCN(C)C)c5)cccc4[nH]2)=NCN3)c1. The highest BCUT2D eigenvalue weighted by Gasteiger charge is 2.20. The Morgan fingerprint density at radius 1 is 0.949 bits per heavy atom. The lowest BCUT2D eigenvalue weighted by molar-refractivity contribution is 0.425. The number of likely N-dealkylation sites (N-methyl/N-ethyl adjacent to an activating group) is 1. The van der Waals surface area contributed by atoms with Crippen molar-refractivity contribution in [2.45, 2.75) is 6.92 Å². The van der Waals surface area contributed by atoms with E-state index in [1.807, 2.05) is 63.9 Å². The second-order valence-corrected chi connectivity index (χ2v) is 10.1. The van der Waals surface area contributed by atoms with Crippen LogP contribution in [0.4, 0.5) is 15.9 Å². The van der Waals surface area contributed by atoms with Gasteiger partial charge in [-0.25, -0.2) is 9.37 Å². The summed E-state index contributed by atoms with van der Waals surface area (Å²) < 4.78 is 14.7. The highest BCUT2D eigenvalue weighted by atomic mass is 19.1. The number of benzene rings is 2. The summed E-state index contributed by atoms with van der Waals surface area (Å²) in [5, 5.41) is 7.62. The van der Waals surface area contributed by atoms with Gasteiger partial charge in [-0.05, 0) is 80.2 Å². The third-order valence-corrected chi connectivity index (χ3v) is 6.85. The molecule has 7 nitrogen and oxygen atoms in total. The second-order valence-electron chi connectivity index (χ2n) is 10.1. The molecule has 6 rings (SSSR count). The third-order valence-electron chi connectivity index (χ3n) is 6.85. The quantitative estimate of drug-likeness (QED) is 0.248. The maximum atomic E-state index is 14.7. The van der Waals surface area contributed by atoms with Gasteiger partial charge in [-0.2, -0.15) is 0 Å². The molecule has 3 N–H and O–H groups in total. The summed E-state index contributed by atoms with van der Waals surface area (Å²) in [5.41, 5.74) is 9.24. The van der Waals surface area contributed by atoms with Crippen molar-refractivity contribution in [3.05, 3.63) is 95.8 Å². The Morgan fingerprint density at radius 3 is 2.67 bits per heavy atom. The number of nitrogens with zero attached hydrogens (tertiary/aromatic N) is 4. The molecule has 0 saturated carbocycles. The summed E-state index contributed by atoms with van der Waals surface area (Å²) in [7, 11) is 4.04. The van der Waals surface area contributed by atoms with Crippen LogP contribution in [0.1, 0.15) is 16.8 Å². The fraction of sp³-hybridized carbons (Fsp3) is 0.194. The van der Waals surface area contributed by atoms with E-state index in [9.17, 15) is 4.39 Å². The van der Waals surface area contributed by atoms with Crippen LogP contribution >= 0.6 is 0 Å². The second kappa shape index (κ2) is 10.3. The smallest absolute Gasteiger partial charge is 0.136 e. The number of hydrogen-bond donors (Lipinski definition) is 3. The van der Waals surface area contributed by atoms with Gasteiger partial charge in [-0.3, -0.25) is 9.98 Å². The van der Waals surface area contributed by atoms with E-state index >= 15 is 0 Å². The first kappa shape index (κ1) is 24.8. The number of H-pyrrole nitrogens is 1. The van der Waals surface area contributed by atoms with Crippen molar-refractivity contribution in [1.29, 1.82) is 0 Å². The van der Waals surface area contributed by atoms with Gasteiger partial charge in [0.05, 0.1) is 11.4 Å². The van der Waals surface area contributed by atoms with Crippen molar-refractivity contribution in [3.63, 3.8) is 0 Å². The molecule has 0 atom stereocenters. The van der Waals surface area contributed by atoms with E-state index in [0.29, 0.717) is 6.67 Å². The summed E-state index contributed by atoms with van der Waals surface area (Å²) in [4.78, 5) is 19.5. The number of aryl methyl sites for hydroxylation is 1. The number of aromatic nitrogens is 3. The van der Waals surface area contributed by atoms with Crippen molar-refractivity contribution in [1.82, 2.24) is 19.9 Å². The average Bonchev–Trinajstić information content (AvgIpc) is 3.36. The average molecular weight is 520 g/mol. The van der Waals surface area contributed by atoms with Crippen LogP contribution in [-0.2, 0) is 0 Å². The maximum absolute atomic E-state index is 14.7. The van der Waals surface area contributed by atoms with Crippen molar-refractivity contribution in [2.24, 2.45) is 4.99 Å². The molecule has 4 heterocycles. The maximum Gasteiger partial charge on any atom is 0.136 e. The number of rotatable bonds is 7. The number of aliphatic imine (C=N–C) groups is 1. The zero-order chi connectivity index (χ0) is 26.9. The molecule has 1 aliphatic rings. The highest BCUT2D eigenvalue weighted by molar-refractivity contribution is 6.18. The standard InChI is InChI=1S/C31H30FN7/c1-19-9-21(16-33-15-19)22-12-27-30(36-18-37-31(27)35-17-22)29-14-26-25(5-4-6-28(26)38-29)20-10-23(32)13-24(11-20)34-7-8-39(2)3/h4-6,9-17,34,38H,7-8,18H2,1-3H3,(H,35,37). The minimum absolute atomic E-state index is 0.270. The van der Waals surface area contributed by atoms with Crippen LogP contribution in [0.15, 0.2) is 78.2 Å². The van der Waals surface area contributed by atoms with Gasteiger partial charge in [0.1, 0.15) is 18.3 Å². The number of hydrogen-bond acceptors (Lipinski definition) is 6. The molecule has 0 fully saturated rings. The van der Waals surface area contributed by atoms with Crippen LogP contribution in [0.2, 0.25) is 0 Å². The molecule has 2 aromatic carbocycles. The number of fused-ring (bicyclic) bond motifs is 2. The van der Waals surface area contributed by atoms with Gasteiger partial charge in [0, 0.05) is 65.0 Å². The molecule has 0 unspecified atom stereocenters. The monoisotopic (exact) mass is 519 g/mol. The molecule has 3 aromatic heterocycles. The zero-order valence-electron chi connectivity index (χ0n) is 22.2. The summed E-state index contributed by atoms with van der Waals surface area (Å²) in [6.07, 6.45) is 5.55. The molecule has 0 radical (unpaired) electrons. The van der Waals surface area contributed by atoms with Gasteiger partial charge in [0.2, 0.25) is 0 Å². The van der Waals surface area contributed by atoms with Gasteiger partial charge in [-0.1, -0.05) is 12.1 Å². The third kappa shape index (κ3) is 5.11. The zero-order valence-corrected chi connectivity index (χ0v) is 22.2. The fourth-order valence-corrected chi connectivity index (χ4v) is 4.97. The highest BCUT2D eigenvalue weighted by Crippen LogP contribution is 2.34. The van der Waals surface area contributed by atoms with Crippen molar-refractivity contribution in [2.75, 3.05) is 44.5 Å². The Balaban J connectivity index is 1.38. The molecular formula is C31H30FN7. The Bertz CT molecular complexity index is 1700. The van der Waals surface area contributed by atoms with E-state index in [-0.39, 0.29) is 5.82 Å². The first-order valence-electron chi connectivity index (χ1n) is 13.0. The molecule has 1 aliphatic heterocycles. The van der Waals surface area contributed by atoms with E-state index in [1.165, 1.54) is 6.07 Å². The van der Waals surface area contributed by atoms with E-state index < -0.39 is 0 Å². The molecule has 196 valence electrons. The lowest BCUT2D eigenvalue weighted by atomic mass is 9.99. The van der Waals surface area contributed by atoms with E-state index in [2.05, 4.69) is 48.7 Å². The van der Waals surface area contributed by atoms with E-state index in [0.717, 1.165) is 80.3 Å². The first-order valence-corrected chi connectivity index (χ1v) is 13.0. The van der Waals surface area contributed by atoms with Gasteiger partial charge >= 0.3 is 0 Å². The number of pyridine rings is 2. The summed E-state index contributed by atoms with van der Waals surface area (Å²) >= 11 is 0. The van der Waals surface area contributed by atoms with Crippen LogP contribution in [0.25, 0.3) is 33.2 Å². The van der Waals surface area contributed by atoms with Gasteiger partial charge in [-0.15, -0.1) is 0 Å². The van der Waals surface area contributed by atoms with Crippen molar-refractivity contribution in [3.8, 4) is 22.3 Å². The molecule has 0 spiro atoms. The van der Waals surface area contributed by atoms with Crippen molar-refractivity contribution < 1.29 is 4.39 Å². The van der Waals surface area contributed by atoms with E-state index in [4.69, 9.17) is 4.99 Å². The largest absolute Gasteiger partial charge is 0.384 e. The lowest BCUT2D eigenvalue weighted by Crippen LogP contribution is -2.20. The molecular weight excluding hydrogens is 489 g/mol.